The van der Waals surface area contributed by atoms with Gasteiger partial charge in [-0.1, -0.05) is 23.2 Å². The van der Waals surface area contributed by atoms with Crippen LogP contribution in [0.25, 0.3) is 0 Å². The van der Waals surface area contributed by atoms with Crippen LogP contribution in [0.5, 0.6) is 0 Å². The molecule has 1 aromatic heterocycles. The van der Waals surface area contributed by atoms with E-state index in [1.54, 1.807) is 0 Å². The van der Waals surface area contributed by atoms with Gasteiger partial charge in [0.2, 0.25) is 0 Å². The summed E-state index contributed by atoms with van der Waals surface area (Å²) in [5.74, 6) is 0. The van der Waals surface area contributed by atoms with Gasteiger partial charge in [-0.2, -0.15) is 5.10 Å². The monoisotopic (exact) mass is 250 g/mol. The molecule has 0 spiro atoms. The molecule has 1 heterocycles. The third-order valence-corrected chi connectivity index (χ3v) is 2.55. The summed E-state index contributed by atoms with van der Waals surface area (Å²) in [5.41, 5.74) is -0.360. The predicted molar refractivity (Wildman–Crippen MR) is 59.6 cm³/mol. The van der Waals surface area contributed by atoms with Crippen molar-refractivity contribution in [2.24, 2.45) is 0 Å². The van der Waals surface area contributed by atoms with E-state index in [-0.39, 0.29) is 15.6 Å². The molecule has 0 unspecified atom stereocenters. The van der Waals surface area contributed by atoms with Crippen molar-refractivity contribution in [2.75, 3.05) is 13.2 Å². The molecule has 0 radical (unpaired) electrons. The van der Waals surface area contributed by atoms with Crippen LogP contribution < -0.4 is 5.56 Å². The summed E-state index contributed by atoms with van der Waals surface area (Å²) in [7, 11) is 0. The van der Waals surface area contributed by atoms with Crippen LogP contribution in [0.1, 0.15) is 13.3 Å². The number of rotatable bonds is 5. The SMILES string of the molecule is CCOCCCn1ncc(Cl)c(Cl)c1=O. The molecule has 0 saturated heterocycles. The maximum absolute atomic E-state index is 11.5. The molecular weight excluding hydrogens is 239 g/mol. The zero-order valence-corrected chi connectivity index (χ0v) is 9.88. The molecule has 0 fully saturated rings. The van der Waals surface area contributed by atoms with Gasteiger partial charge in [0.05, 0.1) is 11.2 Å². The van der Waals surface area contributed by atoms with Gasteiger partial charge in [0, 0.05) is 19.8 Å². The predicted octanol–water partition coefficient (Wildman–Crippen LogP) is 1.98. The smallest absolute Gasteiger partial charge is 0.287 e. The molecule has 0 aliphatic heterocycles. The second-order valence-electron chi connectivity index (χ2n) is 2.89. The minimum atomic E-state index is -0.360. The Morgan fingerprint density at radius 3 is 2.93 bits per heavy atom. The molecule has 15 heavy (non-hydrogen) atoms. The van der Waals surface area contributed by atoms with Crippen LogP contribution >= 0.6 is 23.2 Å². The number of nitrogens with zero attached hydrogens (tertiary/aromatic N) is 2. The van der Waals surface area contributed by atoms with Crippen molar-refractivity contribution in [3.05, 3.63) is 26.6 Å². The van der Waals surface area contributed by atoms with Gasteiger partial charge in [-0.05, 0) is 13.3 Å². The maximum atomic E-state index is 11.5. The highest BCUT2D eigenvalue weighted by molar-refractivity contribution is 6.41. The summed E-state index contributed by atoms with van der Waals surface area (Å²) >= 11 is 11.3. The van der Waals surface area contributed by atoms with Crippen molar-refractivity contribution in [2.45, 2.75) is 19.9 Å². The van der Waals surface area contributed by atoms with E-state index in [4.69, 9.17) is 27.9 Å². The highest BCUT2D eigenvalue weighted by Crippen LogP contribution is 2.14. The quantitative estimate of drug-likeness (QED) is 0.751. The Hall–Kier alpha value is -0.580. The van der Waals surface area contributed by atoms with E-state index in [1.807, 2.05) is 6.92 Å². The number of hydrogen-bond donors (Lipinski definition) is 0. The standard InChI is InChI=1S/C9H12Cl2N2O2/c1-2-15-5-3-4-13-9(14)8(11)7(10)6-12-13/h6H,2-5H2,1H3. The third kappa shape index (κ3) is 3.48. The van der Waals surface area contributed by atoms with E-state index in [9.17, 15) is 4.79 Å². The fraction of sp³-hybridized carbons (Fsp3) is 0.556. The minimum absolute atomic E-state index is 0.0167. The maximum Gasteiger partial charge on any atom is 0.287 e. The average molecular weight is 251 g/mol. The topological polar surface area (TPSA) is 44.1 Å². The van der Waals surface area contributed by atoms with E-state index in [0.717, 1.165) is 6.42 Å². The molecule has 4 nitrogen and oxygen atoms in total. The van der Waals surface area contributed by atoms with Crippen molar-refractivity contribution >= 4 is 23.2 Å². The highest BCUT2D eigenvalue weighted by atomic mass is 35.5. The summed E-state index contributed by atoms with van der Waals surface area (Å²) in [6.07, 6.45) is 2.09. The molecule has 0 aliphatic rings. The summed E-state index contributed by atoms with van der Waals surface area (Å²) in [4.78, 5) is 11.5. The van der Waals surface area contributed by atoms with E-state index in [0.29, 0.717) is 19.8 Å². The summed E-state index contributed by atoms with van der Waals surface area (Å²) in [5, 5.41) is 4.07. The molecule has 6 heteroatoms. The van der Waals surface area contributed by atoms with Crippen molar-refractivity contribution < 1.29 is 4.74 Å². The molecule has 0 aliphatic carbocycles. The molecule has 0 N–H and O–H groups in total. The normalized spacial score (nSPS) is 10.6. The van der Waals surface area contributed by atoms with Crippen LogP contribution in [0.15, 0.2) is 11.0 Å². The Kier molecular flexibility index (Phi) is 5.08. The van der Waals surface area contributed by atoms with Crippen LogP contribution in [0.2, 0.25) is 10.0 Å². The van der Waals surface area contributed by atoms with Gasteiger partial charge in [-0.25, -0.2) is 4.68 Å². The van der Waals surface area contributed by atoms with E-state index in [1.165, 1.54) is 10.9 Å². The number of hydrogen-bond acceptors (Lipinski definition) is 3. The van der Waals surface area contributed by atoms with E-state index >= 15 is 0 Å². The van der Waals surface area contributed by atoms with Gasteiger partial charge in [0.25, 0.3) is 5.56 Å². The Labute approximate surface area is 97.8 Å². The lowest BCUT2D eigenvalue weighted by Crippen LogP contribution is -2.23. The summed E-state index contributed by atoms with van der Waals surface area (Å²) < 4.78 is 6.43. The lowest BCUT2D eigenvalue weighted by atomic mass is 10.4. The first kappa shape index (κ1) is 12.5. The molecule has 0 aromatic carbocycles. The number of aromatic nitrogens is 2. The van der Waals surface area contributed by atoms with Crippen LogP contribution in [0, 0.1) is 0 Å². The number of ether oxygens (including phenoxy) is 1. The van der Waals surface area contributed by atoms with E-state index < -0.39 is 0 Å². The highest BCUT2D eigenvalue weighted by Gasteiger charge is 2.06. The molecule has 0 amide bonds. The van der Waals surface area contributed by atoms with Crippen molar-refractivity contribution in [3.63, 3.8) is 0 Å². The summed E-state index contributed by atoms with van der Waals surface area (Å²) in [6.45, 7) is 3.67. The first-order valence-corrected chi connectivity index (χ1v) is 5.41. The molecular formula is C9H12Cl2N2O2. The van der Waals surface area contributed by atoms with Crippen LogP contribution in [-0.2, 0) is 11.3 Å². The lowest BCUT2D eigenvalue weighted by molar-refractivity contribution is 0.140. The van der Waals surface area contributed by atoms with Crippen molar-refractivity contribution in [1.82, 2.24) is 9.78 Å². The number of aryl methyl sites for hydroxylation is 1. The fourth-order valence-corrected chi connectivity index (χ4v) is 1.34. The Balaban J connectivity index is 2.63. The van der Waals surface area contributed by atoms with Gasteiger partial charge in [0.1, 0.15) is 5.02 Å². The van der Waals surface area contributed by atoms with Crippen LogP contribution in [0.3, 0.4) is 0 Å². The molecule has 1 aromatic rings. The largest absolute Gasteiger partial charge is 0.382 e. The molecule has 1 rings (SSSR count). The van der Waals surface area contributed by atoms with Gasteiger partial charge in [0.15, 0.2) is 0 Å². The average Bonchev–Trinajstić information content (AvgIpc) is 2.24. The zero-order chi connectivity index (χ0) is 11.3. The molecule has 0 atom stereocenters. The van der Waals surface area contributed by atoms with Gasteiger partial charge >= 0.3 is 0 Å². The van der Waals surface area contributed by atoms with Crippen molar-refractivity contribution in [3.8, 4) is 0 Å². The van der Waals surface area contributed by atoms with E-state index in [2.05, 4.69) is 5.10 Å². The minimum Gasteiger partial charge on any atom is -0.382 e. The Morgan fingerprint density at radius 1 is 1.53 bits per heavy atom. The van der Waals surface area contributed by atoms with Gasteiger partial charge in [-0.3, -0.25) is 4.79 Å². The molecule has 84 valence electrons. The van der Waals surface area contributed by atoms with Gasteiger partial charge < -0.3 is 4.74 Å². The second-order valence-corrected chi connectivity index (χ2v) is 3.67. The Bertz CT molecular complexity index is 379. The zero-order valence-electron chi connectivity index (χ0n) is 8.37. The van der Waals surface area contributed by atoms with Gasteiger partial charge in [-0.15, -0.1) is 0 Å². The fourth-order valence-electron chi connectivity index (χ4n) is 1.06. The first-order chi connectivity index (χ1) is 7.16. The molecule has 0 saturated carbocycles. The van der Waals surface area contributed by atoms with Crippen molar-refractivity contribution in [1.29, 1.82) is 0 Å². The first-order valence-electron chi connectivity index (χ1n) is 4.65. The Morgan fingerprint density at radius 2 is 2.27 bits per heavy atom. The third-order valence-electron chi connectivity index (χ3n) is 1.81. The molecule has 0 bridgehead atoms. The van der Waals surface area contributed by atoms with Crippen LogP contribution in [0.4, 0.5) is 0 Å². The summed E-state index contributed by atoms with van der Waals surface area (Å²) in [6, 6.07) is 0. The lowest BCUT2D eigenvalue weighted by Gasteiger charge is -2.05. The second kappa shape index (κ2) is 6.10. The van der Waals surface area contributed by atoms with Crippen LogP contribution in [-0.4, -0.2) is 23.0 Å². The number of halogens is 2.